The first kappa shape index (κ1) is 16.4. The van der Waals surface area contributed by atoms with Crippen LogP contribution in [0.3, 0.4) is 0 Å². The summed E-state index contributed by atoms with van der Waals surface area (Å²) in [7, 11) is 0. The minimum absolute atomic E-state index is 0.427. The molecule has 0 N–H and O–H groups in total. The molecule has 2 unspecified atom stereocenters. The van der Waals surface area contributed by atoms with Crippen molar-refractivity contribution in [2.75, 3.05) is 6.61 Å². The van der Waals surface area contributed by atoms with Crippen molar-refractivity contribution in [2.24, 2.45) is 11.3 Å². The van der Waals surface area contributed by atoms with Crippen LogP contribution in [0.15, 0.2) is 22.7 Å². The van der Waals surface area contributed by atoms with Crippen molar-refractivity contribution in [1.29, 1.82) is 0 Å². The van der Waals surface area contributed by atoms with Crippen LogP contribution < -0.4 is 4.74 Å². The second kappa shape index (κ2) is 6.83. The molecular formula is C17H24Br2O. The Hall–Kier alpha value is -0.0200. The number of hydrogen-bond acceptors (Lipinski definition) is 1. The van der Waals surface area contributed by atoms with Crippen molar-refractivity contribution in [3.63, 3.8) is 0 Å². The average Bonchev–Trinajstić information content (AvgIpc) is 2.76. The molecule has 0 saturated heterocycles. The van der Waals surface area contributed by atoms with Crippen molar-refractivity contribution in [2.45, 2.75) is 51.3 Å². The highest BCUT2D eigenvalue weighted by atomic mass is 79.9. The van der Waals surface area contributed by atoms with Gasteiger partial charge in [-0.15, -0.1) is 0 Å². The molecule has 0 bridgehead atoms. The van der Waals surface area contributed by atoms with Gasteiger partial charge in [-0.25, -0.2) is 0 Å². The first-order valence-corrected chi connectivity index (χ1v) is 9.23. The number of benzene rings is 1. The second-order valence-corrected chi connectivity index (χ2v) is 8.27. The topological polar surface area (TPSA) is 9.23 Å². The van der Waals surface area contributed by atoms with E-state index in [4.69, 9.17) is 4.74 Å². The maximum Gasteiger partial charge on any atom is 0.133 e. The molecule has 0 aliphatic heterocycles. The van der Waals surface area contributed by atoms with E-state index in [0.717, 1.165) is 23.2 Å². The van der Waals surface area contributed by atoms with Gasteiger partial charge >= 0.3 is 0 Å². The Bertz CT molecular complexity index is 456. The third-order valence-corrected chi connectivity index (χ3v) is 6.22. The predicted octanol–water partition coefficient (Wildman–Crippen LogP) is 6.50. The highest BCUT2D eigenvalue weighted by Crippen LogP contribution is 2.52. The van der Waals surface area contributed by atoms with Crippen LogP contribution in [0.2, 0.25) is 0 Å². The van der Waals surface area contributed by atoms with E-state index in [1.165, 1.54) is 24.8 Å². The van der Waals surface area contributed by atoms with E-state index >= 15 is 0 Å². The van der Waals surface area contributed by atoms with Crippen molar-refractivity contribution in [3.05, 3.63) is 28.2 Å². The van der Waals surface area contributed by atoms with Gasteiger partial charge in [0, 0.05) is 4.83 Å². The summed E-state index contributed by atoms with van der Waals surface area (Å²) >= 11 is 7.58. The lowest BCUT2D eigenvalue weighted by Gasteiger charge is -2.31. The van der Waals surface area contributed by atoms with Gasteiger partial charge in [0.2, 0.25) is 0 Å². The number of rotatable bonds is 5. The molecule has 3 heteroatoms. The molecule has 1 saturated carbocycles. The normalized spacial score (nSPS) is 22.8. The molecule has 20 heavy (non-hydrogen) atoms. The van der Waals surface area contributed by atoms with Crippen LogP contribution in [-0.2, 0) is 0 Å². The van der Waals surface area contributed by atoms with E-state index in [2.05, 4.69) is 70.8 Å². The van der Waals surface area contributed by atoms with E-state index in [9.17, 15) is 0 Å². The van der Waals surface area contributed by atoms with E-state index in [1.807, 2.05) is 0 Å². The molecule has 1 aromatic rings. The maximum atomic E-state index is 5.72. The van der Waals surface area contributed by atoms with Gasteiger partial charge in [-0.05, 0) is 64.2 Å². The summed E-state index contributed by atoms with van der Waals surface area (Å²) < 4.78 is 6.78. The smallest absolute Gasteiger partial charge is 0.133 e. The Morgan fingerprint density at radius 3 is 2.70 bits per heavy atom. The van der Waals surface area contributed by atoms with E-state index < -0.39 is 0 Å². The summed E-state index contributed by atoms with van der Waals surface area (Å²) in [4.78, 5) is 0.427. The zero-order valence-corrected chi connectivity index (χ0v) is 15.8. The fourth-order valence-corrected chi connectivity index (χ4v) is 4.92. The molecule has 2 rings (SSSR count). The van der Waals surface area contributed by atoms with Gasteiger partial charge in [-0.3, -0.25) is 0 Å². The quantitative estimate of drug-likeness (QED) is 0.509. The molecule has 0 heterocycles. The van der Waals surface area contributed by atoms with Gasteiger partial charge in [-0.2, -0.15) is 0 Å². The third-order valence-electron chi connectivity index (χ3n) is 4.43. The minimum Gasteiger partial charge on any atom is -0.492 e. The molecule has 1 aromatic carbocycles. The van der Waals surface area contributed by atoms with Gasteiger partial charge in [0.15, 0.2) is 0 Å². The van der Waals surface area contributed by atoms with E-state index in [1.54, 1.807) is 0 Å². The van der Waals surface area contributed by atoms with E-state index in [0.29, 0.717) is 16.2 Å². The lowest BCUT2D eigenvalue weighted by Crippen LogP contribution is -2.21. The Labute approximate surface area is 139 Å². The molecule has 1 nitrogen and oxygen atoms in total. The monoisotopic (exact) mass is 402 g/mol. The summed E-state index contributed by atoms with van der Waals surface area (Å²) in [5.41, 5.74) is 1.78. The largest absolute Gasteiger partial charge is 0.492 e. The molecule has 0 radical (unpaired) electrons. The van der Waals surface area contributed by atoms with Gasteiger partial charge < -0.3 is 4.74 Å². The van der Waals surface area contributed by atoms with Crippen LogP contribution in [0.1, 0.15) is 56.8 Å². The number of ether oxygens (including phenoxy) is 1. The fraction of sp³-hybridized carbons (Fsp3) is 0.647. The predicted molar refractivity (Wildman–Crippen MR) is 92.7 cm³/mol. The van der Waals surface area contributed by atoms with Crippen molar-refractivity contribution < 1.29 is 4.74 Å². The molecule has 112 valence electrons. The second-order valence-electron chi connectivity index (χ2n) is 6.43. The van der Waals surface area contributed by atoms with Crippen LogP contribution in [0.5, 0.6) is 5.75 Å². The summed E-state index contributed by atoms with van der Waals surface area (Å²) in [5.74, 6) is 1.65. The molecule has 0 aromatic heterocycles. The summed E-state index contributed by atoms with van der Waals surface area (Å²) in [6, 6.07) is 6.49. The lowest BCUT2D eigenvalue weighted by atomic mass is 9.78. The number of hydrogen-bond donors (Lipinski definition) is 0. The Balaban J connectivity index is 2.14. The first-order chi connectivity index (χ1) is 9.45. The van der Waals surface area contributed by atoms with Crippen molar-refractivity contribution >= 4 is 31.9 Å². The minimum atomic E-state index is 0.427. The molecule has 2 atom stereocenters. The Kier molecular flexibility index (Phi) is 5.58. The van der Waals surface area contributed by atoms with Crippen molar-refractivity contribution in [1.82, 2.24) is 0 Å². The first-order valence-electron chi connectivity index (χ1n) is 7.52. The van der Waals surface area contributed by atoms with Crippen LogP contribution in [-0.4, -0.2) is 6.61 Å². The fourth-order valence-electron chi connectivity index (χ4n) is 3.15. The average molecular weight is 404 g/mol. The van der Waals surface area contributed by atoms with Crippen LogP contribution >= 0.6 is 31.9 Å². The Morgan fingerprint density at radius 2 is 2.15 bits per heavy atom. The van der Waals surface area contributed by atoms with Crippen LogP contribution in [0.4, 0.5) is 0 Å². The molecule has 1 aliphatic carbocycles. The highest BCUT2D eigenvalue weighted by molar-refractivity contribution is 9.10. The van der Waals surface area contributed by atoms with Crippen molar-refractivity contribution in [3.8, 4) is 5.75 Å². The van der Waals surface area contributed by atoms with E-state index in [-0.39, 0.29) is 0 Å². The number of halogens is 2. The molecule has 1 aliphatic rings. The zero-order chi connectivity index (χ0) is 14.8. The van der Waals surface area contributed by atoms with Crippen LogP contribution in [0.25, 0.3) is 0 Å². The molecule has 0 amide bonds. The summed E-state index contributed by atoms with van der Waals surface area (Å²) in [5, 5.41) is 0. The van der Waals surface area contributed by atoms with Crippen LogP contribution in [0, 0.1) is 11.3 Å². The number of alkyl halides is 1. The maximum absolute atomic E-state index is 5.72. The molecule has 0 spiro atoms. The lowest BCUT2D eigenvalue weighted by molar-refractivity contribution is 0.257. The van der Waals surface area contributed by atoms with Gasteiger partial charge in [0.25, 0.3) is 0 Å². The third kappa shape index (κ3) is 3.59. The summed E-state index contributed by atoms with van der Waals surface area (Å²) in [6.45, 7) is 7.68. The summed E-state index contributed by atoms with van der Waals surface area (Å²) in [6.07, 6.45) is 5.03. The SMILES string of the molecule is CCCOc1ccc(C(Br)C2CCCC2(C)C)cc1Br. The molecule has 1 fully saturated rings. The van der Waals surface area contributed by atoms with Gasteiger partial charge in [-0.1, -0.05) is 49.2 Å². The Morgan fingerprint density at radius 1 is 1.40 bits per heavy atom. The van der Waals surface area contributed by atoms with Gasteiger partial charge in [0.1, 0.15) is 5.75 Å². The standard InChI is InChI=1S/C17H24Br2O/c1-4-10-20-15-8-7-12(11-14(15)18)16(19)13-6-5-9-17(13,2)3/h7-8,11,13,16H,4-6,9-10H2,1-3H3. The highest BCUT2D eigenvalue weighted by Gasteiger charge is 2.39. The van der Waals surface area contributed by atoms with Gasteiger partial charge in [0.05, 0.1) is 11.1 Å². The zero-order valence-electron chi connectivity index (χ0n) is 12.6. The molecular weight excluding hydrogens is 380 g/mol.